The molecule has 1 fully saturated rings. The van der Waals surface area contributed by atoms with Crippen LogP contribution in [0, 0.1) is 30.6 Å². The number of nitrogens with one attached hydrogen (secondary N) is 1. The Bertz CT molecular complexity index is 1230. The third-order valence-electron chi connectivity index (χ3n) is 6.36. The van der Waals surface area contributed by atoms with Gasteiger partial charge in [-0.1, -0.05) is 65.7 Å². The number of ether oxygens (including phenoxy) is 1. The van der Waals surface area contributed by atoms with Gasteiger partial charge in [0.15, 0.2) is 17.8 Å². The van der Waals surface area contributed by atoms with E-state index in [4.69, 9.17) is 4.74 Å². The van der Waals surface area contributed by atoms with Gasteiger partial charge in [-0.15, -0.1) is 0 Å². The first-order chi connectivity index (χ1) is 15.9. The molecule has 1 aromatic heterocycles. The number of hydrogen-bond acceptors (Lipinski definition) is 4. The molecule has 0 radical (unpaired) electrons. The number of benzene rings is 2. The van der Waals surface area contributed by atoms with Crippen molar-refractivity contribution >= 4 is 11.9 Å². The third kappa shape index (κ3) is 3.76. The smallest absolute Gasteiger partial charge is 0.329 e. The monoisotopic (exact) mass is 440 g/mol. The first-order valence-electron chi connectivity index (χ1n) is 10.8. The number of pyridine rings is 1. The molecule has 2 heterocycles. The lowest BCUT2D eigenvalue weighted by Crippen LogP contribution is -2.64. The Morgan fingerprint density at radius 1 is 1.00 bits per heavy atom. The number of nitrogens with zero attached hydrogens (tertiary/aromatic N) is 2. The highest BCUT2D eigenvalue weighted by Gasteiger charge is 2.65. The lowest BCUT2D eigenvalue weighted by molar-refractivity contribution is -0.715. The molecule has 1 amide bonds. The van der Waals surface area contributed by atoms with Gasteiger partial charge in [0.2, 0.25) is 6.04 Å². The van der Waals surface area contributed by atoms with E-state index in [0.717, 1.165) is 16.7 Å². The van der Waals surface area contributed by atoms with Crippen LogP contribution in [0.4, 0.5) is 0 Å². The van der Waals surface area contributed by atoms with Crippen LogP contribution in [0.2, 0.25) is 0 Å². The van der Waals surface area contributed by atoms with E-state index in [0.29, 0.717) is 5.56 Å². The summed E-state index contributed by atoms with van der Waals surface area (Å²) in [6, 6.07) is 21.2. The Labute approximate surface area is 193 Å². The number of hydrogen-bond donors (Lipinski definition) is 1. The average molecular weight is 441 g/mol. The number of aryl methyl sites for hydroxylation is 2. The summed E-state index contributed by atoms with van der Waals surface area (Å²) in [4.78, 5) is 27.2. The molecule has 6 nitrogen and oxygen atoms in total. The Morgan fingerprint density at radius 3 is 2.18 bits per heavy atom. The quantitative estimate of drug-likeness (QED) is 0.497. The van der Waals surface area contributed by atoms with E-state index >= 15 is 0 Å². The predicted octanol–water partition coefficient (Wildman–Crippen LogP) is 3.47. The molecule has 2 aromatic carbocycles. The van der Waals surface area contributed by atoms with Crippen molar-refractivity contribution in [2.45, 2.75) is 31.8 Å². The molecule has 33 heavy (non-hydrogen) atoms. The number of piperidine rings is 1. The number of esters is 1. The number of carbonyl (C=O) groups excluding carboxylic acids is 2. The van der Waals surface area contributed by atoms with E-state index in [1.165, 1.54) is 7.11 Å². The van der Waals surface area contributed by atoms with E-state index in [1.807, 2.05) is 80.6 Å². The largest absolute Gasteiger partial charge is 0.468 e. The molecule has 0 bridgehead atoms. The first kappa shape index (κ1) is 22.2. The fourth-order valence-electron chi connectivity index (χ4n) is 4.92. The van der Waals surface area contributed by atoms with Gasteiger partial charge in [0, 0.05) is 12.1 Å². The van der Waals surface area contributed by atoms with Crippen molar-refractivity contribution in [3.8, 4) is 6.07 Å². The average Bonchev–Trinajstić information content (AvgIpc) is 2.83. The fourth-order valence-corrected chi connectivity index (χ4v) is 4.92. The van der Waals surface area contributed by atoms with Crippen molar-refractivity contribution in [3.63, 3.8) is 0 Å². The van der Waals surface area contributed by atoms with Gasteiger partial charge in [0.25, 0.3) is 5.91 Å². The zero-order valence-corrected chi connectivity index (χ0v) is 18.9. The summed E-state index contributed by atoms with van der Waals surface area (Å²) in [5.74, 6) is -1.73. The Hall–Kier alpha value is -3.98. The number of aromatic nitrogens is 1. The van der Waals surface area contributed by atoms with E-state index in [-0.39, 0.29) is 5.91 Å². The van der Waals surface area contributed by atoms with E-state index in [2.05, 4.69) is 11.4 Å². The van der Waals surface area contributed by atoms with Gasteiger partial charge in [-0.2, -0.15) is 9.83 Å². The molecule has 0 saturated carbocycles. The molecule has 1 saturated heterocycles. The number of amides is 1. The maximum Gasteiger partial charge on any atom is 0.329 e. The summed E-state index contributed by atoms with van der Waals surface area (Å²) in [5.41, 5.74) is 1.65. The van der Waals surface area contributed by atoms with Crippen molar-refractivity contribution < 1.29 is 18.9 Å². The molecule has 4 unspecified atom stereocenters. The molecule has 3 aromatic rings. The maximum absolute atomic E-state index is 13.7. The molecule has 0 aliphatic carbocycles. The van der Waals surface area contributed by atoms with Crippen LogP contribution in [0.25, 0.3) is 0 Å². The summed E-state index contributed by atoms with van der Waals surface area (Å²) in [7, 11) is 1.28. The second kappa shape index (κ2) is 8.87. The topological polar surface area (TPSA) is 83.1 Å². The number of nitriles is 1. The van der Waals surface area contributed by atoms with Crippen LogP contribution in [-0.4, -0.2) is 19.0 Å². The highest BCUT2D eigenvalue weighted by molar-refractivity contribution is 5.90. The van der Waals surface area contributed by atoms with Crippen LogP contribution >= 0.6 is 0 Å². The van der Waals surface area contributed by atoms with Crippen LogP contribution in [0.1, 0.15) is 40.3 Å². The van der Waals surface area contributed by atoms with Gasteiger partial charge in [-0.05, 0) is 25.0 Å². The van der Waals surface area contributed by atoms with Crippen LogP contribution in [-0.2, 0) is 14.3 Å². The second-order valence-electron chi connectivity index (χ2n) is 8.49. The van der Waals surface area contributed by atoms with Gasteiger partial charge in [0.1, 0.15) is 0 Å². The Morgan fingerprint density at radius 2 is 1.61 bits per heavy atom. The Kier molecular flexibility index (Phi) is 5.97. The lowest BCUT2D eigenvalue weighted by atomic mass is 9.60. The maximum atomic E-state index is 13.7. The van der Waals surface area contributed by atoms with Crippen molar-refractivity contribution in [1.29, 1.82) is 5.26 Å². The summed E-state index contributed by atoms with van der Waals surface area (Å²) in [6.07, 6.45) is 3.55. The molecule has 1 aliphatic heterocycles. The number of methoxy groups -OCH3 is 1. The highest BCUT2D eigenvalue weighted by atomic mass is 16.5. The van der Waals surface area contributed by atoms with Gasteiger partial charge in [0.05, 0.1) is 25.1 Å². The molecule has 6 heteroatoms. The lowest BCUT2D eigenvalue weighted by Gasteiger charge is -2.44. The van der Waals surface area contributed by atoms with E-state index in [9.17, 15) is 14.9 Å². The van der Waals surface area contributed by atoms with Gasteiger partial charge in [-0.3, -0.25) is 9.59 Å². The second-order valence-corrected chi connectivity index (χ2v) is 8.49. The summed E-state index contributed by atoms with van der Waals surface area (Å²) in [5, 5.41) is 13.7. The normalized spacial score (nSPS) is 24.4. The first-order valence-corrected chi connectivity index (χ1v) is 10.8. The molecular weight excluding hydrogens is 414 g/mol. The number of rotatable bonds is 4. The summed E-state index contributed by atoms with van der Waals surface area (Å²) in [6.45, 7) is 3.88. The molecule has 4 rings (SSSR count). The minimum absolute atomic E-state index is 0.265. The zero-order chi connectivity index (χ0) is 23.6. The molecular formula is C27H26N3O3+. The summed E-state index contributed by atoms with van der Waals surface area (Å²) < 4.78 is 7.00. The van der Waals surface area contributed by atoms with Crippen molar-refractivity contribution in [2.75, 3.05) is 7.11 Å². The van der Waals surface area contributed by atoms with Crippen LogP contribution in [0.5, 0.6) is 0 Å². The minimum atomic E-state index is -1.70. The van der Waals surface area contributed by atoms with Crippen molar-refractivity contribution in [3.05, 3.63) is 101 Å². The summed E-state index contributed by atoms with van der Waals surface area (Å²) >= 11 is 0. The van der Waals surface area contributed by atoms with Crippen molar-refractivity contribution in [1.82, 2.24) is 5.32 Å². The van der Waals surface area contributed by atoms with Crippen LogP contribution in [0.3, 0.4) is 0 Å². The van der Waals surface area contributed by atoms with Crippen LogP contribution < -0.4 is 9.88 Å². The van der Waals surface area contributed by atoms with Gasteiger partial charge < -0.3 is 10.1 Å². The SMILES string of the molecule is COC(=O)C1(C#N)C(c2cccc(C)c2)NC(=O)C([n+]2ccccc2)C1c1cccc(C)c1. The predicted molar refractivity (Wildman–Crippen MR) is 122 cm³/mol. The van der Waals surface area contributed by atoms with E-state index < -0.39 is 29.4 Å². The van der Waals surface area contributed by atoms with E-state index in [1.54, 1.807) is 17.0 Å². The number of carbonyl (C=O) groups is 2. The van der Waals surface area contributed by atoms with Crippen LogP contribution in [0.15, 0.2) is 79.1 Å². The molecule has 0 spiro atoms. The molecule has 4 atom stereocenters. The third-order valence-corrected chi connectivity index (χ3v) is 6.36. The Balaban J connectivity index is 2.04. The van der Waals surface area contributed by atoms with Gasteiger partial charge in [-0.25, -0.2) is 0 Å². The molecule has 1 aliphatic rings. The highest BCUT2D eigenvalue weighted by Crippen LogP contribution is 2.53. The van der Waals surface area contributed by atoms with Crippen molar-refractivity contribution in [2.24, 2.45) is 5.41 Å². The zero-order valence-electron chi connectivity index (χ0n) is 18.9. The standard InChI is InChI=1S/C27H25N3O3/c1-18-9-7-11-20(15-18)22-23(30-13-5-4-6-14-30)25(31)29-24(21-12-8-10-19(2)16-21)27(22,17-28)26(32)33-3/h4-16,22-24H,1-3H3/p+1. The van der Waals surface area contributed by atoms with Gasteiger partial charge >= 0.3 is 5.97 Å². The fraction of sp³-hybridized carbons (Fsp3) is 0.259. The molecule has 1 N–H and O–H groups in total. The minimum Gasteiger partial charge on any atom is -0.468 e. The molecule has 166 valence electrons.